The normalized spacial score (nSPS) is 13.4. The van der Waals surface area contributed by atoms with E-state index in [1.165, 1.54) is 54.9 Å². The van der Waals surface area contributed by atoms with E-state index in [1.807, 2.05) is 0 Å². The number of hydrogen-bond donors (Lipinski definition) is 1. The molecule has 1 unspecified atom stereocenters. The Morgan fingerprint density at radius 3 is 1.40 bits per heavy atom. The minimum atomic E-state index is -0.0726. The van der Waals surface area contributed by atoms with Gasteiger partial charge in [0.25, 0.3) is 0 Å². The van der Waals surface area contributed by atoms with E-state index in [0.29, 0.717) is 0 Å². The molecule has 0 amide bonds. The Bertz CT molecular complexity index is 3210. The molecular weight excluding hydrogens is 725 g/mol. The van der Waals surface area contributed by atoms with Gasteiger partial charge in [0.2, 0.25) is 0 Å². The molecular formula is C58H40N2. The minimum Gasteiger partial charge on any atom is -0.359 e. The van der Waals surface area contributed by atoms with E-state index in [0.717, 1.165) is 50.5 Å². The molecule has 1 heterocycles. The summed E-state index contributed by atoms with van der Waals surface area (Å²) in [6.45, 7) is 0. The van der Waals surface area contributed by atoms with Gasteiger partial charge in [-0.05, 0) is 131 Å². The number of benzene rings is 10. The van der Waals surface area contributed by atoms with Gasteiger partial charge in [0.1, 0.15) is 5.84 Å². The first-order valence-electron chi connectivity index (χ1n) is 20.6. The highest BCUT2D eigenvalue weighted by atomic mass is 15.1. The van der Waals surface area contributed by atoms with Crippen molar-refractivity contribution >= 4 is 33.1 Å². The molecule has 10 aromatic rings. The second-order valence-electron chi connectivity index (χ2n) is 15.6. The maximum Gasteiger partial charge on any atom is 0.134 e. The molecule has 2 nitrogen and oxygen atoms in total. The molecule has 1 N–H and O–H groups in total. The third-order valence-corrected chi connectivity index (χ3v) is 11.9. The average molecular weight is 765 g/mol. The molecule has 0 fully saturated rings. The van der Waals surface area contributed by atoms with Gasteiger partial charge in [0, 0.05) is 11.1 Å². The van der Waals surface area contributed by atoms with Crippen LogP contribution in [0.3, 0.4) is 0 Å². The van der Waals surface area contributed by atoms with Crippen molar-refractivity contribution in [1.29, 1.82) is 0 Å². The fraction of sp³-hybridized carbons (Fsp3) is 0.0172. The summed E-state index contributed by atoms with van der Waals surface area (Å²) in [7, 11) is 0. The van der Waals surface area contributed by atoms with E-state index in [-0.39, 0.29) is 6.04 Å². The summed E-state index contributed by atoms with van der Waals surface area (Å²) in [5, 5.41) is 8.92. The lowest BCUT2D eigenvalue weighted by Gasteiger charge is -2.28. The van der Waals surface area contributed by atoms with Crippen LogP contribution in [0.5, 0.6) is 0 Å². The summed E-state index contributed by atoms with van der Waals surface area (Å²) in [5.41, 5.74) is 16.0. The lowest BCUT2D eigenvalue weighted by molar-refractivity contribution is 0.749. The van der Waals surface area contributed by atoms with Crippen LogP contribution in [0.15, 0.2) is 236 Å². The summed E-state index contributed by atoms with van der Waals surface area (Å²) >= 11 is 0. The van der Waals surface area contributed by atoms with Crippen molar-refractivity contribution in [2.45, 2.75) is 6.04 Å². The SMILES string of the molecule is c1ccc(-c2cc(C3=Nc4cc(-c5ccccc5)ccc4C(c4ccccc4)N3)cc(-c3cc(-c4ccccc4)cc(-c4cc5ccccc5c5ccccc45)c3)c2)cc1. The van der Waals surface area contributed by atoms with Crippen LogP contribution in [0.1, 0.15) is 22.7 Å². The molecule has 1 atom stereocenters. The quantitative estimate of drug-likeness (QED) is 0.161. The molecule has 10 aromatic carbocycles. The van der Waals surface area contributed by atoms with Crippen LogP contribution in [0, 0.1) is 0 Å². The molecule has 0 saturated carbocycles. The fourth-order valence-corrected chi connectivity index (χ4v) is 8.89. The van der Waals surface area contributed by atoms with Crippen molar-refractivity contribution in [1.82, 2.24) is 5.32 Å². The van der Waals surface area contributed by atoms with Crippen molar-refractivity contribution in [3.63, 3.8) is 0 Å². The first-order valence-corrected chi connectivity index (χ1v) is 20.6. The Balaban J connectivity index is 1.13. The van der Waals surface area contributed by atoms with E-state index in [2.05, 4.69) is 236 Å². The van der Waals surface area contributed by atoms with E-state index in [9.17, 15) is 0 Å². The van der Waals surface area contributed by atoms with Gasteiger partial charge in [-0.15, -0.1) is 0 Å². The second kappa shape index (κ2) is 15.2. The predicted octanol–water partition coefficient (Wildman–Crippen LogP) is 15.1. The molecule has 0 aliphatic carbocycles. The van der Waals surface area contributed by atoms with E-state index in [1.54, 1.807) is 0 Å². The third kappa shape index (κ3) is 6.64. The zero-order chi connectivity index (χ0) is 39.8. The summed E-state index contributed by atoms with van der Waals surface area (Å²) in [5.74, 6) is 0.848. The van der Waals surface area contributed by atoms with Crippen LogP contribution in [0.4, 0.5) is 5.69 Å². The largest absolute Gasteiger partial charge is 0.359 e. The van der Waals surface area contributed by atoms with Crippen LogP contribution >= 0.6 is 0 Å². The van der Waals surface area contributed by atoms with E-state index < -0.39 is 0 Å². The van der Waals surface area contributed by atoms with Gasteiger partial charge in [-0.1, -0.05) is 182 Å². The summed E-state index contributed by atoms with van der Waals surface area (Å²) < 4.78 is 0. The summed E-state index contributed by atoms with van der Waals surface area (Å²) in [6, 6.07) is 83.3. The Morgan fingerprint density at radius 1 is 0.317 bits per heavy atom. The highest BCUT2D eigenvalue weighted by molar-refractivity contribution is 6.14. The van der Waals surface area contributed by atoms with Gasteiger partial charge >= 0.3 is 0 Å². The number of nitrogens with zero attached hydrogens (tertiary/aromatic N) is 1. The smallest absolute Gasteiger partial charge is 0.134 e. The van der Waals surface area contributed by atoms with Crippen LogP contribution in [-0.2, 0) is 0 Å². The van der Waals surface area contributed by atoms with Crippen molar-refractivity contribution < 1.29 is 0 Å². The lowest BCUT2D eigenvalue weighted by atomic mass is 9.88. The third-order valence-electron chi connectivity index (χ3n) is 11.9. The van der Waals surface area contributed by atoms with Crippen molar-refractivity contribution in [2.75, 3.05) is 0 Å². The van der Waals surface area contributed by atoms with Crippen LogP contribution in [0.2, 0.25) is 0 Å². The lowest BCUT2D eigenvalue weighted by Crippen LogP contribution is -2.32. The highest BCUT2D eigenvalue weighted by Crippen LogP contribution is 2.42. The van der Waals surface area contributed by atoms with Crippen molar-refractivity contribution in [3.8, 4) is 55.6 Å². The molecule has 60 heavy (non-hydrogen) atoms. The number of aliphatic imine (C=N–C) groups is 1. The Morgan fingerprint density at radius 2 is 0.783 bits per heavy atom. The van der Waals surface area contributed by atoms with Crippen molar-refractivity contribution in [2.24, 2.45) is 4.99 Å². The van der Waals surface area contributed by atoms with Crippen LogP contribution < -0.4 is 5.32 Å². The summed E-state index contributed by atoms with van der Waals surface area (Å²) in [4.78, 5) is 5.45. The topological polar surface area (TPSA) is 24.4 Å². The Labute approximate surface area is 350 Å². The molecule has 282 valence electrons. The second-order valence-corrected chi connectivity index (χ2v) is 15.6. The van der Waals surface area contributed by atoms with Crippen LogP contribution in [0.25, 0.3) is 77.2 Å². The first kappa shape index (κ1) is 35.4. The maximum atomic E-state index is 5.45. The Kier molecular flexibility index (Phi) is 8.94. The van der Waals surface area contributed by atoms with E-state index >= 15 is 0 Å². The number of hydrogen-bond acceptors (Lipinski definition) is 2. The molecule has 0 bridgehead atoms. The molecule has 1 aliphatic rings. The van der Waals surface area contributed by atoms with Gasteiger partial charge < -0.3 is 5.32 Å². The fourth-order valence-electron chi connectivity index (χ4n) is 8.89. The van der Waals surface area contributed by atoms with Gasteiger partial charge in [-0.2, -0.15) is 0 Å². The van der Waals surface area contributed by atoms with Gasteiger partial charge in [-0.25, -0.2) is 4.99 Å². The van der Waals surface area contributed by atoms with Crippen LogP contribution in [-0.4, -0.2) is 5.84 Å². The number of fused-ring (bicyclic) bond motifs is 4. The Hall–Kier alpha value is -7.81. The zero-order valence-corrected chi connectivity index (χ0v) is 33.0. The van der Waals surface area contributed by atoms with E-state index in [4.69, 9.17) is 4.99 Å². The molecule has 0 radical (unpaired) electrons. The monoisotopic (exact) mass is 764 g/mol. The molecule has 0 saturated heterocycles. The van der Waals surface area contributed by atoms with Gasteiger partial charge in [-0.3, -0.25) is 0 Å². The number of nitrogens with one attached hydrogen (secondary N) is 1. The summed E-state index contributed by atoms with van der Waals surface area (Å²) in [6.07, 6.45) is 0. The highest BCUT2D eigenvalue weighted by Gasteiger charge is 2.26. The standard InChI is InChI=1S/C58H40N2/c1-5-17-39(18-6-1)43-29-30-54-56(38-43)59-58(60-57(54)42-23-11-4-12-24-42)50-35-46(41-21-9-3-10-22-41)32-48(36-50)47-31-45(40-19-7-2-8-20-40)33-49(34-47)55-37-44-25-13-14-26-51(44)52-27-15-16-28-53(52)55/h1-38,57H,(H,59,60). The number of rotatable bonds is 7. The molecule has 0 aromatic heterocycles. The van der Waals surface area contributed by atoms with Gasteiger partial charge in [0.05, 0.1) is 11.7 Å². The minimum absolute atomic E-state index is 0.0726. The average Bonchev–Trinajstić information content (AvgIpc) is 3.34. The maximum absolute atomic E-state index is 5.45. The predicted molar refractivity (Wildman–Crippen MR) is 253 cm³/mol. The first-order chi connectivity index (χ1) is 29.7. The molecule has 11 rings (SSSR count). The van der Waals surface area contributed by atoms with Crippen molar-refractivity contribution in [3.05, 3.63) is 247 Å². The molecule has 0 spiro atoms. The molecule has 2 heteroatoms. The molecule has 1 aliphatic heterocycles. The van der Waals surface area contributed by atoms with Gasteiger partial charge in [0.15, 0.2) is 0 Å². The number of amidine groups is 1. The zero-order valence-electron chi connectivity index (χ0n) is 33.0.